The molecule has 0 amide bonds. The van der Waals surface area contributed by atoms with Gasteiger partial charge in [-0.15, -0.1) is 0 Å². The van der Waals surface area contributed by atoms with Crippen molar-refractivity contribution in [1.82, 2.24) is 9.78 Å². The van der Waals surface area contributed by atoms with E-state index in [0.717, 1.165) is 23.4 Å². The fraction of sp³-hybridized carbons (Fsp3) is 0.375. The number of ketones is 1. The number of benzene rings is 1. The van der Waals surface area contributed by atoms with Gasteiger partial charge in [0.15, 0.2) is 5.78 Å². The molecule has 2 aromatic rings. The van der Waals surface area contributed by atoms with Crippen LogP contribution in [0.2, 0.25) is 5.02 Å². The highest BCUT2D eigenvalue weighted by Crippen LogP contribution is 2.25. The number of rotatable bonds is 5. The van der Waals surface area contributed by atoms with Gasteiger partial charge in [-0.1, -0.05) is 24.6 Å². The molecule has 0 unspecified atom stereocenters. The molecular formula is C16H19ClN2O2. The summed E-state index contributed by atoms with van der Waals surface area (Å²) in [6.07, 6.45) is 0.955. The second kappa shape index (κ2) is 6.31. The maximum absolute atomic E-state index is 12.5. The molecule has 2 rings (SSSR count). The van der Waals surface area contributed by atoms with Crippen molar-refractivity contribution in [2.45, 2.75) is 26.7 Å². The summed E-state index contributed by atoms with van der Waals surface area (Å²) in [7, 11) is 3.37. The Hall–Kier alpha value is -1.81. The Balaban J connectivity index is 2.32. The molecule has 1 aromatic carbocycles. The Morgan fingerprint density at radius 1 is 1.43 bits per heavy atom. The third-order valence-corrected chi connectivity index (χ3v) is 3.92. The van der Waals surface area contributed by atoms with Crippen molar-refractivity contribution in [3.63, 3.8) is 0 Å². The molecule has 0 aliphatic carbocycles. The van der Waals surface area contributed by atoms with Gasteiger partial charge in [0.1, 0.15) is 5.75 Å². The van der Waals surface area contributed by atoms with Crippen LogP contribution in [0, 0.1) is 6.92 Å². The maximum atomic E-state index is 12.5. The quantitative estimate of drug-likeness (QED) is 0.795. The van der Waals surface area contributed by atoms with Crippen molar-refractivity contribution >= 4 is 17.4 Å². The normalized spacial score (nSPS) is 10.7. The number of Topliss-reactive ketones (excluding diaryl/α,β-unsaturated/α-hetero) is 1. The standard InChI is InChI=1S/C16H19ClN2O2/c1-5-12-16(17)13(19(3)18-12)9-14(20)11-7-6-10(2)8-15(11)21-4/h6-8H,5,9H2,1-4H3. The Kier molecular flexibility index (Phi) is 4.68. The molecule has 1 aromatic heterocycles. The van der Waals surface area contributed by atoms with Crippen LogP contribution in [0.25, 0.3) is 0 Å². The van der Waals surface area contributed by atoms with Crippen LogP contribution in [0.15, 0.2) is 18.2 Å². The molecule has 4 nitrogen and oxygen atoms in total. The Bertz CT molecular complexity index is 677. The zero-order valence-electron chi connectivity index (χ0n) is 12.7. The minimum absolute atomic E-state index is 0.0283. The smallest absolute Gasteiger partial charge is 0.172 e. The molecule has 5 heteroatoms. The van der Waals surface area contributed by atoms with E-state index >= 15 is 0 Å². The van der Waals surface area contributed by atoms with Crippen molar-refractivity contribution < 1.29 is 9.53 Å². The molecular weight excluding hydrogens is 288 g/mol. The lowest BCUT2D eigenvalue weighted by Gasteiger charge is -2.09. The summed E-state index contributed by atoms with van der Waals surface area (Å²) in [6.45, 7) is 3.95. The van der Waals surface area contributed by atoms with E-state index in [1.54, 1.807) is 24.9 Å². The number of methoxy groups -OCH3 is 1. The van der Waals surface area contributed by atoms with E-state index in [0.29, 0.717) is 16.3 Å². The summed E-state index contributed by atoms with van der Waals surface area (Å²) in [5, 5.41) is 4.92. The highest BCUT2D eigenvalue weighted by Gasteiger charge is 2.19. The van der Waals surface area contributed by atoms with Crippen molar-refractivity contribution in [2.75, 3.05) is 7.11 Å². The second-order valence-corrected chi connectivity index (χ2v) is 5.37. The van der Waals surface area contributed by atoms with Gasteiger partial charge in [0.2, 0.25) is 0 Å². The largest absolute Gasteiger partial charge is 0.496 e. The van der Waals surface area contributed by atoms with Gasteiger partial charge < -0.3 is 4.74 Å². The van der Waals surface area contributed by atoms with E-state index in [2.05, 4.69) is 5.10 Å². The van der Waals surface area contributed by atoms with E-state index in [-0.39, 0.29) is 12.2 Å². The van der Waals surface area contributed by atoms with Crippen LogP contribution in [0.3, 0.4) is 0 Å². The average molecular weight is 307 g/mol. The van der Waals surface area contributed by atoms with Gasteiger partial charge in [-0.05, 0) is 31.0 Å². The van der Waals surface area contributed by atoms with Crippen molar-refractivity contribution in [1.29, 1.82) is 0 Å². The monoisotopic (exact) mass is 306 g/mol. The molecule has 112 valence electrons. The summed E-state index contributed by atoms with van der Waals surface area (Å²) < 4.78 is 6.98. The fourth-order valence-electron chi connectivity index (χ4n) is 2.29. The number of aromatic nitrogens is 2. The molecule has 21 heavy (non-hydrogen) atoms. The Morgan fingerprint density at radius 3 is 2.71 bits per heavy atom. The van der Waals surface area contributed by atoms with Crippen LogP contribution >= 0.6 is 11.6 Å². The highest BCUT2D eigenvalue weighted by atomic mass is 35.5. The van der Waals surface area contributed by atoms with Crippen LogP contribution in [0.1, 0.15) is 34.2 Å². The maximum Gasteiger partial charge on any atom is 0.172 e. The predicted octanol–water partition coefficient (Wildman–Crippen LogP) is 3.38. The van der Waals surface area contributed by atoms with Crippen LogP contribution in [0.4, 0.5) is 0 Å². The van der Waals surface area contributed by atoms with Gasteiger partial charge in [-0.2, -0.15) is 5.10 Å². The number of carbonyl (C=O) groups is 1. The predicted molar refractivity (Wildman–Crippen MR) is 83.4 cm³/mol. The number of halogens is 1. The van der Waals surface area contributed by atoms with E-state index < -0.39 is 0 Å². The molecule has 0 saturated heterocycles. The average Bonchev–Trinajstić information content (AvgIpc) is 2.74. The zero-order chi connectivity index (χ0) is 15.6. The molecule has 0 bridgehead atoms. The van der Waals surface area contributed by atoms with Gasteiger partial charge >= 0.3 is 0 Å². The Labute approximate surface area is 129 Å². The molecule has 0 N–H and O–H groups in total. The van der Waals surface area contributed by atoms with Crippen molar-refractivity contribution in [3.8, 4) is 5.75 Å². The third kappa shape index (κ3) is 3.10. The minimum Gasteiger partial charge on any atom is -0.496 e. The second-order valence-electron chi connectivity index (χ2n) is 4.99. The first-order valence-electron chi connectivity index (χ1n) is 6.86. The first-order valence-corrected chi connectivity index (χ1v) is 7.23. The lowest BCUT2D eigenvalue weighted by molar-refractivity contribution is 0.0988. The molecule has 0 aliphatic heterocycles. The van der Waals surface area contributed by atoms with Crippen LogP contribution in [-0.4, -0.2) is 22.7 Å². The van der Waals surface area contributed by atoms with E-state index in [4.69, 9.17) is 16.3 Å². The minimum atomic E-state index is -0.0283. The van der Waals surface area contributed by atoms with Gasteiger partial charge in [-0.25, -0.2) is 0 Å². The highest BCUT2D eigenvalue weighted by molar-refractivity contribution is 6.32. The molecule has 0 saturated carbocycles. The summed E-state index contributed by atoms with van der Waals surface area (Å²) in [6, 6.07) is 5.55. The summed E-state index contributed by atoms with van der Waals surface area (Å²) >= 11 is 6.29. The summed E-state index contributed by atoms with van der Waals surface area (Å²) in [5.41, 5.74) is 3.17. The zero-order valence-corrected chi connectivity index (χ0v) is 13.5. The van der Waals surface area contributed by atoms with E-state index in [1.807, 2.05) is 26.0 Å². The first kappa shape index (κ1) is 15.6. The molecule has 0 atom stereocenters. The number of ether oxygens (including phenoxy) is 1. The molecule has 0 fully saturated rings. The van der Waals surface area contributed by atoms with Gasteiger partial charge in [-0.3, -0.25) is 9.48 Å². The third-order valence-electron chi connectivity index (χ3n) is 3.49. The van der Waals surface area contributed by atoms with Crippen LogP contribution in [0.5, 0.6) is 5.75 Å². The first-order chi connectivity index (χ1) is 9.97. The molecule has 0 aliphatic rings. The molecule has 1 heterocycles. The SMILES string of the molecule is CCc1nn(C)c(CC(=O)c2ccc(C)cc2OC)c1Cl. The Morgan fingerprint density at radius 2 is 2.14 bits per heavy atom. The van der Waals surface area contributed by atoms with Gasteiger partial charge in [0, 0.05) is 7.05 Å². The van der Waals surface area contributed by atoms with Gasteiger partial charge in [0.25, 0.3) is 0 Å². The number of aryl methyl sites for hydroxylation is 3. The number of hydrogen-bond acceptors (Lipinski definition) is 3. The lowest BCUT2D eigenvalue weighted by Crippen LogP contribution is -2.09. The van der Waals surface area contributed by atoms with E-state index in [1.165, 1.54) is 0 Å². The molecule has 0 radical (unpaired) electrons. The topological polar surface area (TPSA) is 44.1 Å². The fourth-order valence-corrected chi connectivity index (χ4v) is 2.65. The number of nitrogens with zero attached hydrogens (tertiary/aromatic N) is 2. The summed E-state index contributed by atoms with van der Waals surface area (Å²) in [4.78, 5) is 12.5. The van der Waals surface area contributed by atoms with Crippen LogP contribution < -0.4 is 4.74 Å². The molecule has 0 spiro atoms. The van der Waals surface area contributed by atoms with Crippen LogP contribution in [-0.2, 0) is 19.9 Å². The van der Waals surface area contributed by atoms with Crippen molar-refractivity contribution in [2.24, 2.45) is 7.05 Å². The number of carbonyl (C=O) groups excluding carboxylic acids is 1. The lowest BCUT2D eigenvalue weighted by atomic mass is 10.0. The number of hydrogen-bond donors (Lipinski definition) is 0. The van der Waals surface area contributed by atoms with Gasteiger partial charge in [0.05, 0.1) is 35.5 Å². The summed E-state index contributed by atoms with van der Waals surface area (Å²) in [5.74, 6) is 0.563. The van der Waals surface area contributed by atoms with Crippen molar-refractivity contribution in [3.05, 3.63) is 45.7 Å². The van der Waals surface area contributed by atoms with E-state index in [9.17, 15) is 4.79 Å².